The molecule has 1 unspecified atom stereocenters. The van der Waals surface area contributed by atoms with Crippen LogP contribution >= 0.6 is 15.9 Å². The molecule has 2 aromatic rings. The average molecular weight is 428 g/mol. The van der Waals surface area contributed by atoms with E-state index in [0.717, 1.165) is 27.2 Å². The molecule has 2 aliphatic rings. The SMILES string of the molecule is COc1ccc(N2CC3=C(C2=O)C(c2ccc(Br)cc2)NC(=O)N3C)cc1. The molecule has 6 nitrogen and oxygen atoms in total. The molecule has 0 bridgehead atoms. The summed E-state index contributed by atoms with van der Waals surface area (Å²) in [7, 11) is 3.29. The van der Waals surface area contributed by atoms with Gasteiger partial charge in [-0.3, -0.25) is 9.69 Å². The number of amides is 3. The quantitative estimate of drug-likeness (QED) is 0.815. The van der Waals surface area contributed by atoms with E-state index in [1.807, 2.05) is 48.5 Å². The standard InChI is InChI=1S/C20H18BrN3O3/c1-23-16-11-24(14-7-9-15(27-2)10-8-14)19(25)17(16)18(22-20(23)26)12-3-5-13(21)6-4-12/h3-10,18H,11H2,1-2H3,(H,22,26). The fourth-order valence-corrected chi connectivity index (χ4v) is 3.71. The van der Waals surface area contributed by atoms with Crippen LogP contribution in [-0.2, 0) is 4.79 Å². The van der Waals surface area contributed by atoms with Gasteiger partial charge in [-0.1, -0.05) is 28.1 Å². The van der Waals surface area contributed by atoms with Gasteiger partial charge in [0.25, 0.3) is 5.91 Å². The van der Waals surface area contributed by atoms with E-state index in [4.69, 9.17) is 4.74 Å². The minimum absolute atomic E-state index is 0.102. The summed E-state index contributed by atoms with van der Waals surface area (Å²) in [5.74, 6) is 0.625. The molecular weight excluding hydrogens is 410 g/mol. The summed E-state index contributed by atoms with van der Waals surface area (Å²) in [5, 5.41) is 2.94. The minimum Gasteiger partial charge on any atom is -0.497 e. The van der Waals surface area contributed by atoms with Gasteiger partial charge >= 0.3 is 6.03 Å². The Hall–Kier alpha value is -2.80. The Balaban J connectivity index is 1.72. The fraction of sp³-hybridized carbons (Fsp3) is 0.200. The molecule has 7 heteroatoms. The second-order valence-corrected chi connectivity index (χ2v) is 7.36. The van der Waals surface area contributed by atoms with Crippen molar-refractivity contribution in [2.24, 2.45) is 0 Å². The maximum atomic E-state index is 13.2. The molecule has 0 fully saturated rings. The van der Waals surface area contributed by atoms with E-state index in [0.29, 0.717) is 12.1 Å². The zero-order chi connectivity index (χ0) is 19.1. The predicted molar refractivity (Wildman–Crippen MR) is 106 cm³/mol. The molecule has 0 radical (unpaired) electrons. The maximum absolute atomic E-state index is 13.2. The van der Waals surface area contributed by atoms with E-state index < -0.39 is 6.04 Å². The van der Waals surface area contributed by atoms with Crippen molar-refractivity contribution in [3.05, 3.63) is 69.8 Å². The van der Waals surface area contributed by atoms with Crippen LogP contribution in [0.4, 0.5) is 10.5 Å². The Morgan fingerprint density at radius 1 is 1.07 bits per heavy atom. The number of carbonyl (C=O) groups excluding carboxylic acids is 2. The van der Waals surface area contributed by atoms with E-state index in [1.54, 1.807) is 19.1 Å². The third-order valence-electron chi connectivity index (χ3n) is 4.95. The van der Waals surface area contributed by atoms with Crippen LogP contribution in [-0.4, -0.2) is 37.5 Å². The Morgan fingerprint density at radius 3 is 2.37 bits per heavy atom. The minimum atomic E-state index is -0.465. The number of halogens is 1. The summed E-state index contributed by atoms with van der Waals surface area (Å²) in [5.41, 5.74) is 2.98. The van der Waals surface area contributed by atoms with Gasteiger partial charge < -0.3 is 15.0 Å². The molecule has 0 aromatic heterocycles. The Kier molecular flexibility index (Phi) is 4.39. The van der Waals surface area contributed by atoms with Crippen LogP contribution in [0.1, 0.15) is 11.6 Å². The number of carbonyl (C=O) groups is 2. The second kappa shape index (κ2) is 6.74. The molecule has 0 saturated carbocycles. The van der Waals surface area contributed by atoms with Gasteiger partial charge in [0.15, 0.2) is 0 Å². The molecule has 4 rings (SSSR count). The first kappa shape index (κ1) is 17.6. The first-order valence-corrected chi connectivity index (χ1v) is 9.27. The lowest BCUT2D eigenvalue weighted by molar-refractivity contribution is -0.114. The fourth-order valence-electron chi connectivity index (χ4n) is 3.44. The summed E-state index contributed by atoms with van der Waals surface area (Å²) in [6.07, 6.45) is 0. The topological polar surface area (TPSA) is 61.9 Å². The van der Waals surface area contributed by atoms with Crippen LogP contribution in [0, 0.1) is 0 Å². The number of likely N-dealkylation sites (N-methyl/N-ethyl adjacent to an activating group) is 1. The normalized spacial score (nSPS) is 19.3. The zero-order valence-electron chi connectivity index (χ0n) is 14.9. The monoisotopic (exact) mass is 427 g/mol. The summed E-state index contributed by atoms with van der Waals surface area (Å²) < 4.78 is 6.13. The van der Waals surface area contributed by atoms with Crippen molar-refractivity contribution in [2.75, 3.05) is 25.6 Å². The van der Waals surface area contributed by atoms with Gasteiger partial charge in [0, 0.05) is 17.2 Å². The first-order chi connectivity index (χ1) is 13.0. The molecule has 2 heterocycles. The van der Waals surface area contributed by atoms with E-state index >= 15 is 0 Å². The van der Waals surface area contributed by atoms with Crippen LogP contribution in [0.15, 0.2) is 64.3 Å². The molecule has 27 heavy (non-hydrogen) atoms. The van der Waals surface area contributed by atoms with E-state index in [9.17, 15) is 9.59 Å². The molecule has 3 amide bonds. The molecule has 0 saturated heterocycles. The molecule has 2 aliphatic heterocycles. The van der Waals surface area contributed by atoms with Crippen molar-refractivity contribution in [1.82, 2.24) is 10.2 Å². The highest BCUT2D eigenvalue weighted by molar-refractivity contribution is 9.10. The van der Waals surface area contributed by atoms with Gasteiger partial charge in [0.1, 0.15) is 5.75 Å². The van der Waals surface area contributed by atoms with Crippen LogP contribution in [0.25, 0.3) is 0 Å². The molecule has 1 N–H and O–H groups in total. The lowest BCUT2D eigenvalue weighted by Crippen LogP contribution is -2.45. The smallest absolute Gasteiger partial charge is 0.322 e. The Morgan fingerprint density at radius 2 is 1.74 bits per heavy atom. The predicted octanol–water partition coefficient (Wildman–Crippen LogP) is 3.45. The number of nitrogens with zero attached hydrogens (tertiary/aromatic N) is 2. The maximum Gasteiger partial charge on any atom is 0.322 e. The van der Waals surface area contributed by atoms with Gasteiger partial charge in [0.05, 0.1) is 31.0 Å². The summed E-state index contributed by atoms with van der Waals surface area (Å²) >= 11 is 3.42. The van der Waals surface area contributed by atoms with Crippen molar-refractivity contribution >= 4 is 33.6 Å². The van der Waals surface area contributed by atoms with Crippen molar-refractivity contribution in [3.8, 4) is 5.75 Å². The first-order valence-electron chi connectivity index (χ1n) is 8.48. The summed E-state index contributed by atoms with van der Waals surface area (Å²) in [4.78, 5) is 28.9. The van der Waals surface area contributed by atoms with Crippen LogP contribution < -0.4 is 15.0 Å². The number of rotatable bonds is 3. The van der Waals surface area contributed by atoms with Crippen molar-refractivity contribution in [1.29, 1.82) is 0 Å². The second-order valence-electron chi connectivity index (χ2n) is 6.44. The van der Waals surface area contributed by atoms with Crippen molar-refractivity contribution < 1.29 is 14.3 Å². The Labute approximate surface area is 165 Å². The third kappa shape index (κ3) is 2.98. The number of benzene rings is 2. The number of ether oxygens (including phenoxy) is 1. The number of hydrogen-bond donors (Lipinski definition) is 1. The van der Waals surface area contributed by atoms with E-state index in [1.165, 1.54) is 4.90 Å². The third-order valence-corrected chi connectivity index (χ3v) is 5.48. The number of anilines is 1. The number of nitrogens with one attached hydrogen (secondary N) is 1. The van der Waals surface area contributed by atoms with Gasteiger partial charge in [-0.15, -0.1) is 0 Å². The highest BCUT2D eigenvalue weighted by Gasteiger charge is 2.43. The number of hydrogen-bond acceptors (Lipinski definition) is 3. The average Bonchev–Trinajstić information content (AvgIpc) is 3.03. The van der Waals surface area contributed by atoms with E-state index in [2.05, 4.69) is 21.2 Å². The number of methoxy groups -OCH3 is 1. The molecule has 2 aromatic carbocycles. The number of urea groups is 1. The largest absolute Gasteiger partial charge is 0.497 e. The molecule has 0 aliphatic carbocycles. The zero-order valence-corrected chi connectivity index (χ0v) is 16.5. The van der Waals surface area contributed by atoms with Crippen LogP contribution in [0.3, 0.4) is 0 Å². The molecule has 0 spiro atoms. The van der Waals surface area contributed by atoms with Crippen molar-refractivity contribution in [3.63, 3.8) is 0 Å². The van der Waals surface area contributed by atoms with E-state index in [-0.39, 0.29) is 11.9 Å². The lowest BCUT2D eigenvalue weighted by Gasteiger charge is -2.31. The van der Waals surface area contributed by atoms with Gasteiger partial charge in [-0.25, -0.2) is 4.79 Å². The molecular formula is C20H18BrN3O3. The highest BCUT2D eigenvalue weighted by atomic mass is 79.9. The molecule has 1 atom stereocenters. The Bertz CT molecular complexity index is 938. The molecule has 138 valence electrons. The van der Waals surface area contributed by atoms with Crippen molar-refractivity contribution in [2.45, 2.75) is 6.04 Å². The highest BCUT2D eigenvalue weighted by Crippen LogP contribution is 2.38. The summed E-state index contributed by atoms with van der Waals surface area (Å²) in [6, 6.07) is 14.3. The van der Waals surface area contributed by atoms with Crippen LogP contribution in [0.5, 0.6) is 5.75 Å². The van der Waals surface area contributed by atoms with Gasteiger partial charge in [-0.05, 0) is 42.0 Å². The van der Waals surface area contributed by atoms with Crippen LogP contribution in [0.2, 0.25) is 0 Å². The lowest BCUT2D eigenvalue weighted by atomic mass is 9.96. The van der Waals surface area contributed by atoms with Gasteiger partial charge in [0.2, 0.25) is 0 Å². The summed E-state index contributed by atoms with van der Waals surface area (Å²) in [6.45, 7) is 0.359. The van der Waals surface area contributed by atoms with Gasteiger partial charge in [-0.2, -0.15) is 0 Å².